The van der Waals surface area contributed by atoms with Crippen molar-refractivity contribution in [3.63, 3.8) is 0 Å². The number of carbonyl (C=O) groups excluding carboxylic acids is 1. The van der Waals surface area contributed by atoms with Gasteiger partial charge in [-0.2, -0.15) is 0 Å². The monoisotopic (exact) mass is 281 g/mol. The molecule has 1 aromatic rings. The molecule has 0 aromatic carbocycles. The lowest BCUT2D eigenvalue weighted by molar-refractivity contribution is -0.147. The van der Waals surface area contributed by atoms with Gasteiger partial charge in [0, 0.05) is 11.9 Å². The van der Waals surface area contributed by atoms with Crippen molar-refractivity contribution < 1.29 is 14.7 Å². The average Bonchev–Trinajstić information content (AvgIpc) is 2.80. The number of aliphatic carboxylic acids is 1. The minimum absolute atomic E-state index is 0.202. The second-order valence-corrected chi connectivity index (χ2v) is 6.63. The summed E-state index contributed by atoms with van der Waals surface area (Å²) in [5.41, 5.74) is 0.0721. The molecule has 1 heterocycles. The summed E-state index contributed by atoms with van der Waals surface area (Å²) in [6.07, 6.45) is 4.43. The first kappa shape index (κ1) is 14.1. The summed E-state index contributed by atoms with van der Waals surface area (Å²) in [7, 11) is 1.55. The van der Waals surface area contributed by atoms with Crippen LogP contribution in [-0.4, -0.2) is 34.5 Å². The third kappa shape index (κ3) is 2.52. The normalized spacial score (nSPS) is 14.9. The zero-order valence-corrected chi connectivity index (χ0v) is 12.3. The predicted molar refractivity (Wildman–Crippen MR) is 74.8 cm³/mol. The molecule has 1 aliphatic carbocycles. The van der Waals surface area contributed by atoms with Crippen LogP contribution in [0.2, 0.25) is 0 Å². The topological polar surface area (TPSA) is 57.6 Å². The number of rotatable bonds is 3. The van der Waals surface area contributed by atoms with Crippen molar-refractivity contribution in [2.24, 2.45) is 0 Å². The minimum Gasteiger partial charge on any atom is -0.480 e. The van der Waals surface area contributed by atoms with E-state index >= 15 is 0 Å². The van der Waals surface area contributed by atoms with E-state index in [0.717, 1.165) is 12.8 Å². The summed E-state index contributed by atoms with van der Waals surface area (Å²) in [6, 6.07) is 1.94. The van der Waals surface area contributed by atoms with Crippen LogP contribution < -0.4 is 0 Å². The Morgan fingerprint density at radius 2 is 1.95 bits per heavy atom. The number of fused-ring (bicyclic) bond motifs is 1. The third-order valence-corrected chi connectivity index (χ3v) is 5.10. The number of carboxylic acid groups (broad SMARTS) is 1. The van der Waals surface area contributed by atoms with Crippen LogP contribution in [0.25, 0.3) is 0 Å². The lowest BCUT2D eigenvalue weighted by atomic mass is 9.99. The highest BCUT2D eigenvalue weighted by Gasteiger charge is 2.36. The highest BCUT2D eigenvalue weighted by Crippen LogP contribution is 2.31. The minimum atomic E-state index is -1.19. The summed E-state index contributed by atoms with van der Waals surface area (Å²) in [4.78, 5) is 26.8. The molecule has 1 amide bonds. The molecule has 0 bridgehead atoms. The lowest BCUT2D eigenvalue weighted by Crippen LogP contribution is -2.50. The number of likely N-dealkylation sites (N-methyl/N-ethyl adjacent to an activating group) is 1. The lowest BCUT2D eigenvalue weighted by Gasteiger charge is -2.31. The van der Waals surface area contributed by atoms with Gasteiger partial charge in [-0.25, -0.2) is 4.79 Å². The van der Waals surface area contributed by atoms with Crippen LogP contribution in [0.3, 0.4) is 0 Å². The molecule has 1 aromatic heterocycles. The van der Waals surface area contributed by atoms with Gasteiger partial charge in [-0.05, 0) is 51.2 Å². The smallest absolute Gasteiger partial charge is 0.329 e. The van der Waals surface area contributed by atoms with E-state index in [2.05, 4.69) is 0 Å². The molecular weight excluding hydrogens is 262 g/mol. The SMILES string of the molecule is CN(C(=O)c1cc2c(s1)CCCC2)C(C)(C)C(=O)O. The predicted octanol–water partition coefficient (Wildman–Crippen LogP) is 2.56. The van der Waals surface area contributed by atoms with Crippen LogP contribution in [0.15, 0.2) is 6.07 Å². The summed E-state index contributed by atoms with van der Waals surface area (Å²) in [5.74, 6) is -1.20. The molecule has 1 aliphatic rings. The first-order chi connectivity index (χ1) is 8.84. The number of hydrogen-bond acceptors (Lipinski definition) is 3. The van der Waals surface area contributed by atoms with Crippen LogP contribution in [-0.2, 0) is 17.6 Å². The summed E-state index contributed by atoms with van der Waals surface area (Å²) >= 11 is 1.52. The fourth-order valence-electron chi connectivity index (χ4n) is 2.16. The Balaban J connectivity index is 2.24. The van der Waals surface area contributed by atoms with E-state index in [-0.39, 0.29) is 5.91 Å². The van der Waals surface area contributed by atoms with Crippen molar-refractivity contribution in [1.82, 2.24) is 4.90 Å². The Labute approximate surface area is 117 Å². The van der Waals surface area contributed by atoms with Crippen LogP contribution in [0.1, 0.15) is 46.8 Å². The molecule has 0 saturated carbocycles. The number of thiophene rings is 1. The molecule has 0 atom stereocenters. The van der Waals surface area contributed by atoms with Gasteiger partial charge >= 0.3 is 5.97 Å². The molecule has 1 N–H and O–H groups in total. The average molecular weight is 281 g/mol. The molecule has 0 fully saturated rings. The van der Waals surface area contributed by atoms with E-state index in [1.54, 1.807) is 20.9 Å². The summed E-state index contributed by atoms with van der Waals surface area (Å²) in [6.45, 7) is 3.08. The van der Waals surface area contributed by atoms with Gasteiger partial charge in [0.15, 0.2) is 0 Å². The van der Waals surface area contributed by atoms with E-state index in [1.165, 1.54) is 39.5 Å². The van der Waals surface area contributed by atoms with Gasteiger partial charge in [-0.3, -0.25) is 4.79 Å². The quantitative estimate of drug-likeness (QED) is 0.926. The fourth-order valence-corrected chi connectivity index (χ4v) is 3.39. The van der Waals surface area contributed by atoms with E-state index in [9.17, 15) is 14.7 Å². The van der Waals surface area contributed by atoms with Gasteiger partial charge in [0.2, 0.25) is 0 Å². The number of carbonyl (C=O) groups is 2. The van der Waals surface area contributed by atoms with E-state index < -0.39 is 11.5 Å². The Kier molecular flexibility index (Phi) is 3.67. The highest BCUT2D eigenvalue weighted by molar-refractivity contribution is 7.14. The second-order valence-electron chi connectivity index (χ2n) is 5.49. The van der Waals surface area contributed by atoms with Crippen molar-refractivity contribution in [3.8, 4) is 0 Å². The van der Waals surface area contributed by atoms with Crippen LogP contribution >= 0.6 is 11.3 Å². The van der Waals surface area contributed by atoms with Crippen molar-refractivity contribution >= 4 is 23.2 Å². The highest BCUT2D eigenvalue weighted by atomic mass is 32.1. The van der Waals surface area contributed by atoms with E-state index in [4.69, 9.17) is 0 Å². The second kappa shape index (κ2) is 4.96. The standard InChI is InChI=1S/C14H19NO3S/c1-14(2,13(17)18)15(3)12(16)11-8-9-6-4-5-7-10(9)19-11/h8H,4-7H2,1-3H3,(H,17,18). The van der Waals surface area contributed by atoms with Crippen LogP contribution in [0.4, 0.5) is 0 Å². The summed E-state index contributed by atoms with van der Waals surface area (Å²) in [5, 5.41) is 9.18. The molecule has 19 heavy (non-hydrogen) atoms. The fraction of sp³-hybridized carbons (Fsp3) is 0.571. The van der Waals surface area contributed by atoms with Gasteiger partial charge in [-0.15, -0.1) is 11.3 Å². The Morgan fingerprint density at radius 1 is 1.32 bits per heavy atom. The molecule has 0 radical (unpaired) electrons. The van der Waals surface area contributed by atoms with Gasteiger partial charge in [0.1, 0.15) is 5.54 Å². The summed E-state index contributed by atoms with van der Waals surface area (Å²) < 4.78 is 0. The maximum atomic E-state index is 12.4. The van der Waals surface area contributed by atoms with Crippen molar-refractivity contribution in [3.05, 3.63) is 21.4 Å². The number of carboxylic acids is 1. The number of aryl methyl sites for hydroxylation is 2. The first-order valence-electron chi connectivity index (χ1n) is 6.47. The van der Waals surface area contributed by atoms with Gasteiger partial charge in [-0.1, -0.05) is 0 Å². The molecule has 0 saturated heterocycles. The van der Waals surface area contributed by atoms with Gasteiger partial charge in [0.25, 0.3) is 5.91 Å². The number of nitrogens with zero attached hydrogens (tertiary/aromatic N) is 1. The first-order valence-corrected chi connectivity index (χ1v) is 7.29. The number of amides is 1. The van der Waals surface area contributed by atoms with Gasteiger partial charge in [0.05, 0.1) is 4.88 Å². The molecule has 0 spiro atoms. The Bertz CT molecular complexity index is 495. The number of hydrogen-bond donors (Lipinski definition) is 1. The van der Waals surface area contributed by atoms with Crippen molar-refractivity contribution in [1.29, 1.82) is 0 Å². The maximum absolute atomic E-state index is 12.4. The van der Waals surface area contributed by atoms with Crippen molar-refractivity contribution in [2.75, 3.05) is 7.05 Å². The molecule has 0 aliphatic heterocycles. The Morgan fingerprint density at radius 3 is 2.53 bits per heavy atom. The molecule has 5 heteroatoms. The third-order valence-electron chi connectivity index (χ3n) is 3.87. The zero-order chi connectivity index (χ0) is 14.2. The molecule has 4 nitrogen and oxygen atoms in total. The van der Waals surface area contributed by atoms with Crippen LogP contribution in [0.5, 0.6) is 0 Å². The van der Waals surface area contributed by atoms with Crippen molar-refractivity contribution in [2.45, 2.75) is 45.1 Å². The van der Waals surface area contributed by atoms with E-state index in [0.29, 0.717) is 4.88 Å². The van der Waals surface area contributed by atoms with Crippen LogP contribution in [0, 0.1) is 0 Å². The maximum Gasteiger partial charge on any atom is 0.329 e. The molecule has 2 rings (SSSR count). The molecule has 104 valence electrons. The Hall–Kier alpha value is -1.36. The van der Waals surface area contributed by atoms with Gasteiger partial charge < -0.3 is 10.0 Å². The molecule has 0 unspecified atom stereocenters. The van der Waals surface area contributed by atoms with E-state index in [1.807, 2.05) is 6.07 Å². The molecular formula is C14H19NO3S. The zero-order valence-electron chi connectivity index (χ0n) is 11.5. The largest absolute Gasteiger partial charge is 0.480 e.